The Morgan fingerprint density at radius 1 is 1.19 bits per heavy atom. The highest BCUT2D eigenvalue weighted by Crippen LogP contribution is 2.32. The standard InChI is InChI=1S/C15H27N/c1-3-5-6-8-11-15(4-2)12-9-7-10-13-16-14-15/h6,8,14H,3-5,7,9-13H2,1-2H3. The largest absolute Gasteiger partial charge is 0.297 e. The van der Waals surface area contributed by atoms with Crippen molar-refractivity contribution >= 4 is 6.21 Å². The van der Waals surface area contributed by atoms with Crippen LogP contribution in [-0.2, 0) is 0 Å². The third-order valence-electron chi connectivity index (χ3n) is 3.68. The van der Waals surface area contributed by atoms with Crippen molar-refractivity contribution in [3.8, 4) is 0 Å². The van der Waals surface area contributed by atoms with Gasteiger partial charge in [0.25, 0.3) is 0 Å². The van der Waals surface area contributed by atoms with Crippen molar-refractivity contribution in [1.82, 2.24) is 0 Å². The molecule has 0 aromatic heterocycles. The van der Waals surface area contributed by atoms with Gasteiger partial charge in [-0.3, -0.25) is 4.99 Å². The van der Waals surface area contributed by atoms with Crippen molar-refractivity contribution in [3.05, 3.63) is 12.2 Å². The van der Waals surface area contributed by atoms with Gasteiger partial charge in [0, 0.05) is 18.2 Å². The van der Waals surface area contributed by atoms with Crippen LogP contribution in [-0.4, -0.2) is 12.8 Å². The van der Waals surface area contributed by atoms with Gasteiger partial charge in [-0.1, -0.05) is 45.3 Å². The molecule has 1 aliphatic rings. The molecule has 0 N–H and O–H groups in total. The number of nitrogens with zero attached hydrogens (tertiary/aromatic N) is 1. The molecular formula is C15H27N. The number of hydrogen-bond donors (Lipinski definition) is 0. The Balaban J connectivity index is 2.55. The molecule has 0 saturated heterocycles. The van der Waals surface area contributed by atoms with E-state index in [1.54, 1.807) is 0 Å². The molecule has 0 aromatic rings. The average Bonchev–Trinajstić information content (AvgIpc) is 2.27. The Morgan fingerprint density at radius 3 is 2.81 bits per heavy atom. The van der Waals surface area contributed by atoms with Gasteiger partial charge in [0.1, 0.15) is 0 Å². The highest BCUT2D eigenvalue weighted by molar-refractivity contribution is 5.66. The Labute approximate surface area is 101 Å². The molecule has 0 aliphatic carbocycles. The Bertz CT molecular complexity index is 230. The van der Waals surface area contributed by atoms with Gasteiger partial charge in [-0.25, -0.2) is 0 Å². The molecule has 0 saturated carbocycles. The van der Waals surface area contributed by atoms with E-state index in [4.69, 9.17) is 0 Å². The van der Waals surface area contributed by atoms with Crippen molar-refractivity contribution in [2.75, 3.05) is 6.54 Å². The highest BCUT2D eigenvalue weighted by atomic mass is 14.7. The summed E-state index contributed by atoms with van der Waals surface area (Å²) in [7, 11) is 0. The molecule has 1 unspecified atom stereocenters. The van der Waals surface area contributed by atoms with Crippen molar-refractivity contribution in [2.24, 2.45) is 10.4 Å². The molecular weight excluding hydrogens is 194 g/mol. The Hall–Kier alpha value is -0.590. The molecule has 16 heavy (non-hydrogen) atoms. The second kappa shape index (κ2) is 7.65. The summed E-state index contributed by atoms with van der Waals surface area (Å²) < 4.78 is 0. The molecule has 1 heterocycles. The van der Waals surface area contributed by atoms with Gasteiger partial charge in [0.15, 0.2) is 0 Å². The quantitative estimate of drug-likeness (QED) is 0.593. The Kier molecular flexibility index (Phi) is 6.44. The maximum Gasteiger partial charge on any atom is 0.0385 e. The van der Waals surface area contributed by atoms with Crippen LogP contribution >= 0.6 is 0 Å². The van der Waals surface area contributed by atoms with E-state index in [2.05, 4.69) is 37.2 Å². The van der Waals surface area contributed by atoms with E-state index in [0.717, 1.165) is 6.54 Å². The van der Waals surface area contributed by atoms with E-state index in [1.165, 1.54) is 51.4 Å². The minimum absolute atomic E-state index is 0.366. The van der Waals surface area contributed by atoms with Gasteiger partial charge >= 0.3 is 0 Å². The van der Waals surface area contributed by atoms with Crippen LogP contribution in [0.4, 0.5) is 0 Å². The van der Waals surface area contributed by atoms with Crippen LogP contribution in [0.3, 0.4) is 0 Å². The average molecular weight is 221 g/mol. The number of aliphatic imine (C=N–C) groups is 1. The third-order valence-corrected chi connectivity index (χ3v) is 3.68. The van der Waals surface area contributed by atoms with Crippen LogP contribution in [0.1, 0.15) is 65.2 Å². The molecule has 1 atom stereocenters. The number of hydrogen-bond acceptors (Lipinski definition) is 1. The summed E-state index contributed by atoms with van der Waals surface area (Å²) in [6, 6.07) is 0. The van der Waals surface area contributed by atoms with Gasteiger partial charge in [-0.15, -0.1) is 0 Å². The zero-order valence-corrected chi connectivity index (χ0v) is 11.0. The minimum atomic E-state index is 0.366. The normalized spacial score (nSPS) is 26.9. The number of unbranched alkanes of at least 4 members (excludes halogenated alkanes) is 1. The first-order chi connectivity index (χ1) is 7.83. The van der Waals surface area contributed by atoms with E-state index in [9.17, 15) is 0 Å². The van der Waals surface area contributed by atoms with Gasteiger partial charge in [0.05, 0.1) is 0 Å². The maximum absolute atomic E-state index is 4.60. The minimum Gasteiger partial charge on any atom is -0.297 e. The van der Waals surface area contributed by atoms with Gasteiger partial charge in [-0.2, -0.15) is 0 Å². The number of rotatable bonds is 5. The lowest BCUT2D eigenvalue weighted by Crippen LogP contribution is -2.22. The van der Waals surface area contributed by atoms with Crippen LogP contribution in [0.2, 0.25) is 0 Å². The van der Waals surface area contributed by atoms with E-state index in [1.807, 2.05) is 0 Å². The van der Waals surface area contributed by atoms with Crippen molar-refractivity contribution < 1.29 is 0 Å². The number of allylic oxidation sites excluding steroid dienone is 2. The summed E-state index contributed by atoms with van der Waals surface area (Å²) in [6.07, 6.45) is 17.2. The molecule has 0 radical (unpaired) electrons. The molecule has 0 aromatic carbocycles. The molecule has 1 rings (SSSR count). The van der Waals surface area contributed by atoms with Crippen LogP contribution in [0.15, 0.2) is 17.1 Å². The lowest BCUT2D eigenvalue weighted by Gasteiger charge is -2.28. The van der Waals surface area contributed by atoms with Crippen LogP contribution in [0.25, 0.3) is 0 Å². The molecule has 92 valence electrons. The molecule has 0 fully saturated rings. The summed E-state index contributed by atoms with van der Waals surface area (Å²) in [5.41, 5.74) is 0.366. The Morgan fingerprint density at radius 2 is 2.06 bits per heavy atom. The first kappa shape index (κ1) is 13.5. The smallest absolute Gasteiger partial charge is 0.0385 e. The fraction of sp³-hybridized carbons (Fsp3) is 0.800. The second-order valence-corrected chi connectivity index (χ2v) is 5.03. The molecule has 1 heteroatoms. The van der Waals surface area contributed by atoms with Crippen molar-refractivity contribution in [3.63, 3.8) is 0 Å². The van der Waals surface area contributed by atoms with Crippen LogP contribution < -0.4 is 0 Å². The summed E-state index contributed by atoms with van der Waals surface area (Å²) in [5.74, 6) is 0. The summed E-state index contributed by atoms with van der Waals surface area (Å²) in [5, 5.41) is 0. The zero-order chi connectivity index (χ0) is 11.7. The molecule has 0 amide bonds. The first-order valence-electron chi connectivity index (χ1n) is 6.99. The van der Waals surface area contributed by atoms with E-state index >= 15 is 0 Å². The summed E-state index contributed by atoms with van der Waals surface area (Å²) in [4.78, 5) is 4.60. The lowest BCUT2D eigenvalue weighted by atomic mass is 9.77. The van der Waals surface area contributed by atoms with Crippen molar-refractivity contribution in [1.29, 1.82) is 0 Å². The summed E-state index contributed by atoms with van der Waals surface area (Å²) in [6.45, 7) is 5.58. The SMILES string of the molecule is CCCC=CCC1(CC)C=NCCCCC1. The fourth-order valence-electron chi connectivity index (χ4n) is 2.35. The zero-order valence-electron chi connectivity index (χ0n) is 11.0. The topological polar surface area (TPSA) is 12.4 Å². The molecule has 1 aliphatic heterocycles. The van der Waals surface area contributed by atoms with Gasteiger partial charge in [0.2, 0.25) is 0 Å². The van der Waals surface area contributed by atoms with Gasteiger partial charge in [-0.05, 0) is 32.1 Å². The highest BCUT2D eigenvalue weighted by Gasteiger charge is 2.24. The van der Waals surface area contributed by atoms with Crippen molar-refractivity contribution in [2.45, 2.75) is 65.2 Å². The first-order valence-corrected chi connectivity index (χ1v) is 6.99. The maximum atomic E-state index is 4.60. The van der Waals surface area contributed by atoms with E-state index in [0.29, 0.717) is 5.41 Å². The fourth-order valence-corrected chi connectivity index (χ4v) is 2.35. The van der Waals surface area contributed by atoms with Crippen LogP contribution in [0.5, 0.6) is 0 Å². The molecule has 0 spiro atoms. The molecule has 0 bridgehead atoms. The summed E-state index contributed by atoms with van der Waals surface area (Å²) >= 11 is 0. The lowest BCUT2D eigenvalue weighted by molar-refractivity contribution is 0.359. The van der Waals surface area contributed by atoms with Gasteiger partial charge < -0.3 is 0 Å². The molecule has 1 nitrogen and oxygen atoms in total. The van der Waals surface area contributed by atoms with E-state index in [-0.39, 0.29) is 0 Å². The predicted octanol–water partition coefficient (Wildman–Crippen LogP) is 4.77. The monoisotopic (exact) mass is 221 g/mol. The third kappa shape index (κ3) is 4.51. The predicted molar refractivity (Wildman–Crippen MR) is 73.2 cm³/mol. The van der Waals surface area contributed by atoms with Crippen LogP contribution in [0, 0.1) is 5.41 Å². The second-order valence-electron chi connectivity index (χ2n) is 5.03. The van der Waals surface area contributed by atoms with E-state index < -0.39 is 0 Å².